The predicted octanol–water partition coefficient (Wildman–Crippen LogP) is 3.96. The van der Waals surface area contributed by atoms with Gasteiger partial charge in [-0.05, 0) is 55.4 Å². The molecule has 2 unspecified atom stereocenters. The molecule has 2 rings (SSSR count). The number of alkyl halides is 1. The fourth-order valence-electron chi connectivity index (χ4n) is 1.79. The summed E-state index contributed by atoms with van der Waals surface area (Å²) in [6, 6.07) is 8.83. The van der Waals surface area contributed by atoms with Gasteiger partial charge < -0.3 is 5.32 Å². The van der Waals surface area contributed by atoms with Gasteiger partial charge in [-0.3, -0.25) is 0 Å². The van der Waals surface area contributed by atoms with E-state index in [2.05, 4.69) is 48.8 Å². The second-order valence-corrected chi connectivity index (χ2v) is 5.99. The molecule has 1 N–H and O–H groups in total. The first-order chi connectivity index (χ1) is 7.55. The standard InChI is InChI=1S/C13H16ClNS/c1-9(15-3)13(2,14)11-4-5-12-10(8-11)6-7-16-12/h4-9,15H,1-3H3. The van der Waals surface area contributed by atoms with Crippen molar-refractivity contribution >= 4 is 33.0 Å². The normalized spacial score (nSPS) is 17.2. The maximum atomic E-state index is 6.62. The molecule has 3 heteroatoms. The van der Waals surface area contributed by atoms with Crippen LogP contribution in [0.1, 0.15) is 19.4 Å². The van der Waals surface area contributed by atoms with Crippen molar-refractivity contribution in [3.63, 3.8) is 0 Å². The van der Waals surface area contributed by atoms with Crippen LogP contribution in [0.5, 0.6) is 0 Å². The van der Waals surface area contributed by atoms with Crippen LogP contribution in [-0.2, 0) is 4.87 Å². The molecule has 0 radical (unpaired) electrons. The van der Waals surface area contributed by atoms with Gasteiger partial charge in [0.1, 0.15) is 0 Å². The maximum Gasteiger partial charge on any atom is 0.0816 e. The maximum absolute atomic E-state index is 6.62. The van der Waals surface area contributed by atoms with E-state index in [9.17, 15) is 0 Å². The Morgan fingerprint density at radius 1 is 1.38 bits per heavy atom. The summed E-state index contributed by atoms with van der Waals surface area (Å²) in [5.74, 6) is 0. The smallest absolute Gasteiger partial charge is 0.0816 e. The van der Waals surface area contributed by atoms with Gasteiger partial charge in [0.15, 0.2) is 0 Å². The highest BCUT2D eigenvalue weighted by Gasteiger charge is 2.29. The van der Waals surface area contributed by atoms with Gasteiger partial charge in [-0.15, -0.1) is 22.9 Å². The number of thiophene rings is 1. The Kier molecular flexibility index (Phi) is 3.24. The molecule has 1 heterocycles. The van der Waals surface area contributed by atoms with Crippen molar-refractivity contribution in [2.75, 3.05) is 7.05 Å². The number of hydrogen-bond donors (Lipinski definition) is 1. The van der Waals surface area contributed by atoms with E-state index >= 15 is 0 Å². The highest BCUT2D eigenvalue weighted by Crippen LogP contribution is 2.34. The van der Waals surface area contributed by atoms with Gasteiger partial charge in [0.05, 0.1) is 4.87 Å². The fourth-order valence-corrected chi connectivity index (χ4v) is 2.79. The van der Waals surface area contributed by atoms with Crippen LogP contribution in [0.3, 0.4) is 0 Å². The van der Waals surface area contributed by atoms with Gasteiger partial charge in [0.2, 0.25) is 0 Å². The number of rotatable bonds is 3. The van der Waals surface area contributed by atoms with Crippen LogP contribution < -0.4 is 5.32 Å². The lowest BCUT2D eigenvalue weighted by Crippen LogP contribution is -2.38. The molecule has 0 fully saturated rings. The molecule has 1 aromatic carbocycles. The van der Waals surface area contributed by atoms with E-state index in [1.807, 2.05) is 7.05 Å². The molecule has 0 saturated heterocycles. The van der Waals surface area contributed by atoms with Gasteiger partial charge >= 0.3 is 0 Å². The van der Waals surface area contributed by atoms with Crippen molar-refractivity contribution in [3.05, 3.63) is 35.2 Å². The third-order valence-electron chi connectivity index (χ3n) is 3.26. The van der Waals surface area contributed by atoms with Crippen molar-refractivity contribution < 1.29 is 0 Å². The molecular formula is C13H16ClNS. The summed E-state index contributed by atoms with van der Waals surface area (Å²) in [7, 11) is 1.94. The first kappa shape index (κ1) is 11.9. The van der Waals surface area contributed by atoms with Crippen molar-refractivity contribution in [2.45, 2.75) is 24.8 Å². The fraction of sp³-hybridized carbons (Fsp3) is 0.385. The number of hydrogen-bond acceptors (Lipinski definition) is 2. The Bertz CT molecular complexity index is 489. The minimum Gasteiger partial charge on any atom is -0.315 e. The monoisotopic (exact) mass is 253 g/mol. The average Bonchev–Trinajstić information content (AvgIpc) is 2.74. The molecule has 0 saturated carbocycles. The van der Waals surface area contributed by atoms with Crippen molar-refractivity contribution in [2.24, 2.45) is 0 Å². The van der Waals surface area contributed by atoms with E-state index in [4.69, 9.17) is 11.6 Å². The molecular weight excluding hydrogens is 238 g/mol. The number of likely N-dealkylation sites (N-methyl/N-ethyl adjacent to an activating group) is 1. The van der Waals surface area contributed by atoms with Gasteiger partial charge in [-0.2, -0.15) is 0 Å². The average molecular weight is 254 g/mol. The van der Waals surface area contributed by atoms with Gasteiger partial charge in [0.25, 0.3) is 0 Å². The van der Waals surface area contributed by atoms with Crippen molar-refractivity contribution in [3.8, 4) is 0 Å². The molecule has 0 aliphatic heterocycles. The van der Waals surface area contributed by atoms with Crippen LogP contribution in [0.2, 0.25) is 0 Å². The Morgan fingerprint density at radius 3 is 2.81 bits per heavy atom. The van der Waals surface area contributed by atoms with E-state index < -0.39 is 0 Å². The second-order valence-electron chi connectivity index (χ2n) is 4.26. The zero-order chi connectivity index (χ0) is 11.8. The minimum atomic E-state index is -0.370. The Balaban J connectivity index is 2.45. The number of benzene rings is 1. The van der Waals surface area contributed by atoms with Crippen LogP contribution in [0.15, 0.2) is 29.6 Å². The lowest BCUT2D eigenvalue weighted by molar-refractivity contribution is 0.475. The van der Waals surface area contributed by atoms with Crippen LogP contribution in [0.25, 0.3) is 10.1 Å². The molecule has 0 aliphatic carbocycles. The highest BCUT2D eigenvalue weighted by molar-refractivity contribution is 7.17. The third-order valence-corrected chi connectivity index (χ3v) is 4.71. The molecule has 1 aromatic heterocycles. The van der Waals surface area contributed by atoms with E-state index in [1.165, 1.54) is 15.6 Å². The van der Waals surface area contributed by atoms with Crippen LogP contribution >= 0.6 is 22.9 Å². The van der Waals surface area contributed by atoms with Gasteiger partial charge in [0, 0.05) is 10.7 Å². The first-order valence-electron chi connectivity index (χ1n) is 5.39. The van der Waals surface area contributed by atoms with E-state index in [1.54, 1.807) is 11.3 Å². The van der Waals surface area contributed by atoms with Crippen LogP contribution in [0, 0.1) is 0 Å². The zero-order valence-electron chi connectivity index (χ0n) is 9.75. The van der Waals surface area contributed by atoms with Crippen molar-refractivity contribution in [1.29, 1.82) is 0 Å². The third kappa shape index (κ3) is 1.97. The van der Waals surface area contributed by atoms with Gasteiger partial charge in [-0.25, -0.2) is 0 Å². The summed E-state index contributed by atoms with van der Waals surface area (Å²) in [6.45, 7) is 4.16. The summed E-state index contributed by atoms with van der Waals surface area (Å²) < 4.78 is 1.31. The number of nitrogens with one attached hydrogen (secondary N) is 1. The summed E-state index contributed by atoms with van der Waals surface area (Å²) in [5, 5.41) is 6.60. The van der Waals surface area contributed by atoms with Gasteiger partial charge in [-0.1, -0.05) is 6.07 Å². The molecule has 2 aromatic rings. The highest BCUT2D eigenvalue weighted by atomic mass is 35.5. The van der Waals surface area contributed by atoms with E-state index in [0.717, 1.165) is 0 Å². The van der Waals surface area contributed by atoms with E-state index in [-0.39, 0.29) is 10.9 Å². The number of fused-ring (bicyclic) bond motifs is 1. The molecule has 0 spiro atoms. The first-order valence-corrected chi connectivity index (χ1v) is 6.65. The topological polar surface area (TPSA) is 12.0 Å². The molecule has 0 bridgehead atoms. The molecule has 86 valence electrons. The molecule has 16 heavy (non-hydrogen) atoms. The quantitative estimate of drug-likeness (QED) is 0.817. The summed E-state index contributed by atoms with van der Waals surface area (Å²) in [4.78, 5) is -0.370. The zero-order valence-corrected chi connectivity index (χ0v) is 11.3. The SMILES string of the molecule is CNC(C)C(C)(Cl)c1ccc2sccc2c1. The molecule has 1 nitrogen and oxygen atoms in total. The van der Waals surface area contributed by atoms with Crippen LogP contribution in [0.4, 0.5) is 0 Å². The summed E-state index contributed by atoms with van der Waals surface area (Å²) in [5.41, 5.74) is 1.17. The minimum absolute atomic E-state index is 0.227. The Hall–Kier alpha value is -0.570. The molecule has 0 amide bonds. The van der Waals surface area contributed by atoms with Crippen molar-refractivity contribution in [1.82, 2.24) is 5.32 Å². The lowest BCUT2D eigenvalue weighted by atomic mass is 9.93. The Labute approximate surface area is 105 Å². The van der Waals surface area contributed by atoms with Crippen LogP contribution in [-0.4, -0.2) is 13.1 Å². The molecule has 0 aliphatic rings. The second kappa shape index (κ2) is 4.36. The summed E-state index contributed by atoms with van der Waals surface area (Å²) >= 11 is 8.38. The summed E-state index contributed by atoms with van der Waals surface area (Å²) in [6.07, 6.45) is 0. The lowest BCUT2D eigenvalue weighted by Gasteiger charge is -2.29. The largest absolute Gasteiger partial charge is 0.315 e. The molecule has 2 atom stereocenters. The number of halogens is 1. The van der Waals surface area contributed by atoms with E-state index in [0.29, 0.717) is 0 Å². The Morgan fingerprint density at radius 2 is 2.12 bits per heavy atom. The predicted molar refractivity (Wildman–Crippen MR) is 73.6 cm³/mol.